The summed E-state index contributed by atoms with van der Waals surface area (Å²) < 4.78 is 12.4. The molecule has 1 aliphatic carbocycles. The van der Waals surface area contributed by atoms with Gasteiger partial charge in [-0.25, -0.2) is 9.59 Å². The molecule has 7 nitrogen and oxygen atoms in total. The molecule has 24 heavy (non-hydrogen) atoms. The molecule has 2 aliphatic rings. The van der Waals surface area contributed by atoms with Gasteiger partial charge in [-0.3, -0.25) is 9.58 Å². The minimum atomic E-state index is -0.656. The van der Waals surface area contributed by atoms with Gasteiger partial charge in [0.15, 0.2) is 5.54 Å². The van der Waals surface area contributed by atoms with Gasteiger partial charge in [0.05, 0.1) is 25.4 Å². The summed E-state index contributed by atoms with van der Waals surface area (Å²) in [5, 5.41) is 4.58. The number of ether oxygens (including phenoxy) is 2. The quantitative estimate of drug-likeness (QED) is 0.794. The summed E-state index contributed by atoms with van der Waals surface area (Å²) in [6, 6.07) is 0. The molecule has 0 bridgehead atoms. The van der Waals surface area contributed by atoms with Crippen LogP contribution in [0.2, 0.25) is 0 Å². The van der Waals surface area contributed by atoms with Crippen molar-refractivity contribution in [3.05, 3.63) is 17.5 Å². The largest absolute Gasteiger partial charge is 0.464 e. The van der Waals surface area contributed by atoms with E-state index in [-0.39, 0.29) is 12.1 Å². The second-order valence-electron chi connectivity index (χ2n) is 7.49. The van der Waals surface area contributed by atoms with Crippen molar-refractivity contribution in [2.75, 3.05) is 6.61 Å². The fourth-order valence-electron chi connectivity index (χ4n) is 3.13. The Morgan fingerprint density at radius 1 is 1.29 bits per heavy atom. The van der Waals surface area contributed by atoms with E-state index in [0.29, 0.717) is 19.7 Å². The molecule has 0 saturated heterocycles. The number of nitrogens with zero attached hydrogens (tertiary/aromatic N) is 3. The molecule has 1 aromatic rings. The lowest BCUT2D eigenvalue weighted by Crippen LogP contribution is -2.49. The molecule has 1 fully saturated rings. The maximum absolute atomic E-state index is 12.3. The van der Waals surface area contributed by atoms with Crippen LogP contribution in [0.4, 0.5) is 4.79 Å². The van der Waals surface area contributed by atoms with Crippen LogP contribution in [0.3, 0.4) is 0 Å². The highest BCUT2D eigenvalue weighted by molar-refractivity contribution is 5.80. The molecule has 1 aromatic heterocycles. The molecular formula is C17H25N3O4. The summed E-state index contributed by atoms with van der Waals surface area (Å²) in [6.07, 6.45) is 4.05. The molecule has 3 rings (SSSR count). The van der Waals surface area contributed by atoms with E-state index in [1.165, 1.54) is 0 Å². The van der Waals surface area contributed by atoms with Gasteiger partial charge in [-0.2, -0.15) is 5.10 Å². The summed E-state index contributed by atoms with van der Waals surface area (Å²) in [6.45, 7) is 8.60. The van der Waals surface area contributed by atoms with Crippen LogP contribution in [-0.2, 0) is 32.9 Å². The average Bonchev–Trinajstić information content (AvgIpc) is 2.94. The maximum atomic E-state index is 12.3. The molecule has 132 valence electrons. The second-order valence-corrected chi connectivity index (χ2v) is 7.49. The van der Waals surface area contributed by atoms with Crippen molar-refractivity contribution in [1.82, 2.24) is 14.7 Å². The highest BCUT2D eigenvalue weighted by Crippen LogP contribution is 2.41. The van der Waals surface area contributed by atoms with Crippen LogP contribution in [0.25, 0.3) is 0 Å². The molecule has 0 atom stereocenters. The number of hydrogen-bond donors (Lipinski definition) is 0. The van der Waals surface area contributed by atoms with Gasteiger partial charge in [0, 0.05) is 11.8 Å². The molecule has 0 aromatic carbocycles. The van der Waals surface area contributed by atoms with Gasteiger partial charge in [-0.15, -0.1) is 0 Å². The Labute approximate surface area is 141 Å². The zero-order valence-electron chi connectivity index (χ0n) is 14.8. The maximum Gasteiger partial charge on any atom is 0.410 e. The summed E-state index contributed by atoms with van der Waals surface area (Å²) in [5.74, 6) is -0.207. The monoisotopic (exact) mass is 335 g/mol. The van der Waals surface area contributed by atoms with E-state index in [2.05, 4.69) is 5.10 Å². The Hall–Kier alpha value is -2.05. The predicted molar refractivity (Wildman–Crippen MR) is 86.2 cm³/mol. The highest BCUT2D eigenvalue weighted by Gasteiger charge is 2.49. The summed E-state index contributed by atoms with van der Waals surface area (Å²) >= 11 is 0. The molecule has 0 unspecified atom stereocenters. The number of carbonyl (C=O) groups is 2. The number of aromatic nitrogens is 2. The number of rotatable bonds is 3. The van der Waals surface area contributed by atoms with E-state index in [9.17, 15) is 9.59 Å². The van der Waals surface area contributed by atoms with Gasteiger partial charge >= 0.3 is 12.1 Å². The van der Waals surface area contributed by atoms with Crippen LogP contribution >= 0.6 is 0 Å². The van der Waals surface area contributed by atoms with Crippen LogP contribution in [0, 0.1) is 0 Å². The average molecular weight is 335 g/mol. The van der Waals surface area contributed by atoms with Crippen molar-refractivity contribution in [3.63, 3.8) is 0 Å². The molecule has 1 saturated carbocycles. The SMILES string of the molecule is CCOC(=O)C1(n2cc3c(n2)CN(C(=O)OC(C)(C)C)C3)CCC1. The van der Waals surface area contributed by atoms with E-state index in [1.54, 1.807) is 9.58 Å². The van der Waals surface area contributed by atoms with Crippen LogP contribution in [0.1, 0.15) is 58.2 Å². The standard InChI is InChI=1S/C17H25N3O4/c1-5-23-14(21)17(7-6-8-17)20-10-12-9-19(11-13(12)18-20)15(22)24-16(2,3)4/h10H,5-9,11H2,1-4H3. The Morgan fingerprint density at radius 3 is 2.50 bits per heavy atom. The topological polar surface area (TPSA) is 73.7 Å². The smallest absolute Gasteiger partial charge is 0.410 e. The molecule has 1 amide bonds. The molecule has 0 radical (unpaired) electrons. The predicted octanol–water partition coefficient (Wildman–Crippen LogP) is 2.58. The first-order valence-electron chi connectivity index (χ1n) is 8.48. The summed E-state index contributed by atoms with van der Waals surface area (Å²) in [5.41, 5.74) is 0.626. The van der Waals surface area contributed by atoms with Crippen molar-refractivity contribution < 1.29 is 19.1 Å². The van der Waals surface area contributed by atoms with E-state index >= 15 is 0 Å². The van der Waals surface area contributed by atoms with E-state index in [0.717, 1.165) is 30.5 Å². The van der Waals surface area contributed by atoms with E-state index < -0.39 is 11.1 Å². The number of esters is 1. The third kappa shape index (κ3) is 2.87. The van der Waals surface area contributed by atoms with Crippen molar-refractivity contribution in [2.45, 2.75) is 71.2 Å². The first-order valence-corrected chi connectivity index (χ1v) is 8.48. The van der Waals surface area contributed by atoms with Crippen LogP contribution < -0.4 is 0 Å². The Kier molecular flexibility index (Phi) is 4.05. The lowest BCUT2D eigenvalue weighted by molar-refractivity contribution is -0.160. The van der Waals surface area contributed by atoms with Crippen molar-refractivity contribution in [2.24, 2.45) is 0 Å². The lowest BCUT2D eigenvalue weighted by Gasteiger charge is -2.39. The third-order valence-corrected chi connectivity index (χ3v) is 4.51. The molecule has 7 heteroatoms. The minimum absolute atomic E-state index is 0.207. The number of fused-ring (bicyclic) bond motifs is 1. The molecule has 2 heterocycles. The van der Waals surface area contributed by atoms with Gasteiger partial charge in [0.1, 0.15) is 5.60 Å². The van der Waals surface area contributed by atoms with Crippen molar-refractivity contribution in [3.8, 4) is 0 Å². The van der Waals surface area contributed by atoms with E-state index in [1.807, 2.05) is 33.9 Å². The van der Waals surface area contributed by atoms with Crippen molar-refractivity contribution in [1.29, 1.82) is 0 Å². The Morgan fingerprint density at radius 2 is 2.00 bits per heavy atom. The van der Waals surface area contributed by atoms with Gasteiger partial charge in [-0.1, -0.05) is 0 Å². The highest BCUT2D eigenvalue weighted by atomic mass is 16.6. The molecule has 1 aliphatic heterocycles. The van der Waals surface area contributed by atoms with Crippen molar-refractivity contribution >= 4 is 12.1 Å². The molecule has 0 N–H and O–H groups in total. The number of hydrogen-bond acceptors (Lipinski definition) is 5. The van der Waals surface area contributed by atoms with Crippen LogP contribution in [-0.4, -0.2) is 39.0 Å². The van der Waals surface area contributed by atoms with Gasteiger partial charge in [0.2, 0.25) is 0 Å². The third-order valence-electron chi connectivity index (χ3n) is 4.51. The fourth-order valence-corrected chi connectivity index (χ4v) is 3.13. The fraction of sp³-hybridized carbons (Fsp3) is 0.706. The number of carbonyl (C=O) groups excluding carboxylic acids is 2. The van der Waals surface area contributed by atoms with Crippen LogP contribution in [0.15, 0.2) is 6.20 Å². The Balaban J connectivity index is 1.73. The van der Waals surface area contributed by atoms with Crippen LogP contribution in [0.5, 0.6) is 0 Å². The molecular weight excluding hydrogens is 310 g/mol. The van der Waals surface area contributed by atoms with Gasteiger partial charge in [-0.05, 0) is 47.0 Å². The minimum Gasteiger partial charge on any atom is -0.464 e. The zero-order chi connectivity index (χ0) is 17.5. The van der Waals surface area contributed by atoms with E-state index in [4.69, 9.17) is 9.47 Å². The number of amides is 1. The zero-order valence-corrected chi connectivity index (χ0v) is 14.8. The normalized spacial score (nSPS) is 18.8. The second kappa shape index (κ2) is 5.79. The van der Waals surface area contributed by atoms with Gasteiger partial charge < -0.3 is 9.47 Å². The summed E-state index contributed by atoms with van der Waals surface area (Å²) in [4.78, 5) is 26.1. The van der Waals surface area contributed by atoms with Gasteiger partial charge in [0.25, 0.3) is 0 Å². The Bertz CT molecular complexity index is 632. The first kappa shape index (κ1) is 16.8. The first-order chi connectivity index (χ1) is 11.2. The summed E-state index contributed by atoms with van der Waals surface area (Å²) in [7, 11) is 0. The lowest BCUT2D eigenvalue weighted by atomic mass is 9.77. The molecule has 0 spiro atoms.